The van der Waals surface area contributed by atoms with Crippen molar-refractivity contribution in [3.63, 3.8) is 0 Å². The second kappa shape index (κ2) is 9.53. The molecule has 2 aliphatic rings. The number of hydrogen-bond acceptors (Lipinski definition) is 4. The van der Waals surface area contributed by atoms with Crippen molar-refractivity contribution in [2.45, 2.75) is 25.8 Å². The number of rotatable bonds is 6. The fourth-order valence-corrected chi connectivity index (χ4v) is 4.09. The first kappa shape index (κ1) is 20.1. The number of nitrogens with one attached hydrogen (secondary N) is 1. The number of benzene rings is 1. The van der Waals surface area contributed by atoms with Gasteiger partial charge in [0.05, 0.1) is 25.2 Å². The molecular weight excluding hydrogens is 366 g/mol. The summed E-state index contributed by atoms with van der Waals surface area (Å²) in [6.07, 6.45) is 0.992. The Morgan fingerprint density at radius 1 is 1.26 bits per heavy atom. The first-order valence-electron chi connectivity index (χ1n) is 9.73. The molecule has 0 saturated carbocycles. The van der Waals surface area contributed by atoms with Crippen LogP contribution in [0.5, 0.6) is 0 Å². The van der Waals surface area contributed by atoms with Crippen LogP contribution in [0.25, 0.3) is 0 Å². The van der Waals surface area contributed by atoms with Gasteiger partial charge in [-0.15, -0.1) is 0 Å². The molecule has 27 heavy (non-hydrogen) atoms. The molecule has 1 aromatic rings. The van der Waals surface area contributed by atoms with E-state index in [0.717, 1.165) is 38.4 Å². The minimum absolute atomic E-state index is 0.0224. The molecule has 1 aromatic carbocycles. The van der Waals surface area contributed by atoms with Crippen LogP contribution < -0.4 is 5.32 Å². The zero-order valence-corrected chi connectivity index (χ0v) is 16.6. The first-order valence-corrected chi connectivity index (χ1v) is 10.1. The number of morpholine rings is 1. The van der Waals surface area contributed by atoms with Crippen molar-refractivity contribution in [3.8, 4) is 0 Å². The second-order valence-corrected chi connectivity index (χ2v) is 7.50. The summed E-state index contributed by atoms with van der Waals surface area (Å²) in [6, 6.07) is 7.23. The summed E-state index contributed by atoms with van der Waals surface area (Å²) in [5.41, 5.74) is 0.961. The molecule has 3 rings (SSSR count). The molecule has 0 radical (unpaired) electrons. The van der Waals surface area contributed by atoms with Crippen molar-refractivity contribution in [1.82, 2.24) is 15.1 Å². The summed E-state index contributed by atoms with van der Waals surface area (Å²) < 4.78 is 5.35. The Bertz CT molecular complexity index is 646. The number of piperidine rings is 1. The maximum Gasteiger partial charge on any atom is 0.225 e. The summed E-state index contributed by atoms with van der Waals surface area (Å²) in [5.74, 6) is -0.113. The molecule has 2 aliphatic heterocycles. The molecule has 6 nitrogen and oxygen atoms in total. The van der Waals surface area contributed by atoms with Gasteiger partial charge < -0.3 is 15.0 Å². The fourth-order valence-electron chi connectivity index (χ4n) is 3.97. The molecule has 2 atom stereocenters. The van der Waals surface area contributed by atoms with Crippen molar-refractivity contribution in [2.75, 3.05) is 45.9 Å². The van der Waals surface area contributed by atoms with Crippen LogP contribution in [0.15, 0.2) is 24.3 Å². The lowest BCUT2D eigenvalue weighted by Gasteiger charge is -2.40. The van der Waals surface area contributed by atoms with E-state index in [1.54, 1.807) is 0 Å². The van der Waals surface area contributed by atoms with Gasteiger partial charge in [-0.05, 0) is 31.0 Å². The molecule has 0 bridgehead atoms. The molecule has 2 fully saturated rings. The molecule has 0 aromatic heterocycles. The smallest absolute Gasteiger partial charge is 0.225 e. The predicted molar refractivity (Wildman–Crippen MR) is 105 cm³/mol. The van der Waals surface area contributed by atoms with Crippen molar-refractivity contribution in [1.29, 1.82) is 0 Å². The average Bonchev–Trinajstić information content (AvgIpc) is 2.69. The molecule has 2 saturated heterocycles. The van der Waals surface area contributed by atoms with E-state index in [4.69, 9.17) is 16.3 Å². The minimum atomic E-state index is -0.242. The van der Waals surface area contributed by atoms with Gasteiger partial charge in [-0.3, -0.25) is 14.5 Å². The molecule has 0 aliphatic carbocycles. The van der Waals surface area contributed by atoms with Crippen molar-refractivity contribution in [3.05, 3.63) is 34.9 Å². The largest absolute Gasteiger partial charge is 0.379 e. The lowest BCUT2D eigenvalue weighted by molar-refractivity contribution is -0.143. The molecule has 0 unspecified atom stereocenters. The van der Waals surface area contributed by atoms with E-state index in [9.17, 15) is 9.59 Å². The zero-order chi connectivity index (χ0) is 19.2. The lowest BCUT2D eigenvalue weighted by Crippen LogP contribution is -2.49. The Labute approximate surface area is 165 Å². The summed E-state index contributed by atoms with van der Waals surface area (Å²) >= 11 is 6.02. The summed E-state index contributed by atoms with van der Waals surface area (Å²) in [4.78, 5) is 29.5. The zero-order valence-electron chi connectivity index (χ0n) is 15.8. The van der Waals surface area contributed by atoms with Crippen LogP contribution in [-0.4, -0.2) is 67.6 Å². The highest BCUT2D eigenvalue weighted by atomic mass is 35.5. The minimum Gasteiger partial charge on any atom is -0.379 e. The van der Waals surface area contributed by atoms with Crippen molar-refractivity contribution >= 4 is 23.4 Å². The Balaban J connectivity index is 1.67. The van der Waals surface area contributed by atoms with Crippen LogP contribution in [0, 0.1) is 5.92 Å². The number of carbonyl (C=O) groups is 2. The highest BCUT2D eigenvalue weighted by molar-refractivity contribution is 6.30. The molecule has 2 heterocycles. The van der Waals surface area contributed by atoms with Crippen LogP contribution >= 0.6 is 11.6 Å². The van der Waals surface area contributed by atoms with Gasteiger partial charge in [0.1, 0.15) is 0 Å². The predicted octanol–water partition coefficient (Wildman–Crippen LogP) is 2.09. The molecule has 7 heteroatoms. The van der Waals surface area contributed by atoms with Crippen LogP contribution in [-0.2, 0) is 14.3 Å². The summed E-state index contributed by atoms with van der Waals surface area (Å²) in [7, 11) is 0. The van der Waals surface area contributed by atoms with Crippen LogP contribution in [0.4, 0.5) is 0 Å². The van der Waals surface area contributed by atoms with E-state index in [1.165, 1.54) is 0 Å². The Kier molecular flexibility index (Phi) is 7.10. The third-order valence-corrected chi connectivity index (χ3v) is 5.68. The first-order chi connectivity index (χ1) is 13.1. The monoisotopic (exact) mass is 393 g/mol. The van der Waals surface area contributed by atoms with E-state index in [0.29, 0.717) is 31.0 Å². The lowest BCUT2D eigenvalue weighted by atomic mass is 9.83. The molecular formula is C20H28ClN3O3. The van der Waals surface area contributed by atoms with Gasteiger partial charge in [0.15, 0.2) is 0 Å². The SMILES string of the molecule is CCN1C(=O)CC[C@@H](C(=O)NCCN2CCOCC2)[C@@H]1c1ccc(Cl)cc1. The van der Waals surface area contributed by atoms with E-state index >= 15 is 0 Å². The van der Waals surface area contributed by atoms with Gasteiger partial charge in [-0.25, -0.2) is 0 Å². The van der Waals surface area contributed by atoms with E-state index < -0.39 is 0 Å². The molecule has 148 valence electrons. The Morgan fingerprint density at radius 2 is 1.96 bits per heavy atom. The third kappa shape index (κ3) is 5.00. The van der Waals surface area contributed by atoms with Gasteiger partial charge in [0.25, 0.3) is 0 Å². The Morgan fingerprint density at radius 3 is 2.63 bits per heavy atom. The maximum atomic E-state index is 12.9. The second-order valence-electron chi connectivity index (χ2n) is 7.07. The van der Waals surface area contributed by atoms with Gasteiger partial charge in [-0.1, -0.05) is 23.7 Å². The van der Waals surface area contributed by atoms with Gasteiger partial charge in [-0.2, -0.15) is 0 Å². The highest BCUT2D eigenvalue weighted by Crippen LogP contribution is 2.37. The number of hydrogen-bond donors (Lipinski definition) is 1. The number of ether oxygens (including phenoxy) is 1. The third-order valence-electron chi connectivity index (χ3n) is 5.43. The molecule has 2 amide bonds. The average molecular weight is 394 g/mol. The maximum absolute atomic E-state index is 12.9. The van der Waals surface area contributed by atoms with Crippen LogP contribution in [0.2, 0.25) is 5.02 Å². The standard InChI is InChI=1S/C20H28ClN3O3/c1-2-24-18(25)8-7-17(19(24)15-3-5-16(21)6-4-15)20(26)22-9-10-23-11-13-27-14-12-23/h3-6,17,19H,2,7-14H2,1H3,(H,22,26)/t17-,19+/m1/s1. The van der Waals surface area contributed by atoms with E-state index in [2.05, 4.69) is 10.2 Å². The number of halogens is 1. The molecule has 0 spiro atoms. The van der Waals surface area contributed by atoms with Crippen molar-refractivity contribution < 1.29 is 14.3 Å². The number of amides is 2. The highest BCUT2D eigenvalue weighted by Gasteiger charge is 2.39. The van der Waals surface area contributed by atoms with E-state index in [-0.39, 0.29) is 23.8 Å². The van der Waals surface area contributed by atoms with E-state index in [1.807, 2.05) is 36.1 Å². The summed E-state index contributed by atoms with van der Waals surface area (Å²) in [5, 5.41) is 3.73. The quantitative estimate of drug-likeness (QED) is 0.803. The summed E-state index contributed by atoms with van der Waals surface area (Å²) in [6.45, 7) is 7.30. The number of nitrogens with zero attached hydrogens (tertiary/aromatic N) is 2. The van der Waals surface area contributed by atoms with Crippen LogP contribution in [0.1, 0.15) is 31.4 Å². The fraction of sp³-hybridized carbons (Fsp3) is 0.600. The normalized spacial score (nSPS) is 24.1. The van der Waals surface area contributed by atoms with Gasteiger partial charge in [0, 0.05) is 44.2 Å². The topological polar surface area (TPSA) is 61.9 Å². The molecule has 1 N–H and O–H groups in total. The number of carbonyl (C=O) groups excluding carboxylic acids is 2. The van der Waals surface area contributed by atoms with Crippen molar-refractivity contribution in [2.24, 2.45) is 5.92 Å². The van der Waals surface area contributed by atoms with Gasteiger partial charge >= 0.3 is 0 Å². The Hall–Kier alpha value is -1.63. The van der Waals surface area contributed by atoms with Gasteiger partial charge in [0.2, 0.25) is 11.8 Å². The number of likely N-dealkylation sites (tertiary alicyclic amines) is 1. The van der Waals surface area contributed by atoms with Crippen LogP contribution in [0.3, 0.4) is 0 Å².